The highest BCUT2D eigenvalue weighted by atomic mass is 14.2. The van der Waals surface area contributed by atoms with Crippen molar-refractivity contribution in [2.24, 2.45) is 11.8 Å². The van der Waals surface area contributed by atoms with Crippen LogP contribution in [-0.2, 0) is 0 Å². The summed E-state index contributed by atoms with van der Waals surface area (Å²) in [4.78, 5) is 0. The highest BCUT2D eigenvalue weighted by Gasteiger charge is 2.13. The molecule has 0 spiro atoms. The Bertz CT molecular complexity index is 58.4. The monoisotopic (exact) mass is 112 g/mol. The zero-order valence-corrected chi connectivity index (χ0v) is 5.98. The predicted molar refractivity (Wildman–Crippen MR) is 36.8 cm³/mol. The van der Waals surface area contributed by atoms with Crippen LogP contribution in [0.15, 0.2) is 0 Å². The van der Waals surface area contributed by atoms with Crippen LogP contribution in [0.1, 0.15) is 39.5 Å². The van der Waals surface area contributed by atoms with Crippen molar-refractivity contribution in [1.82, 2.24) is 0 Å². The van der Waals surface area contributed by atoms with Gasteiger partial charge in [0, 0.05) is 0 Å². The first-order valence-electron chi connectivity index (χ1n) is 3.79. The van der Waals surface area contributed by atoms with Gasteiger partial charge in [-0.25, -0.2) is 0 Å². The molecule has 48 valence electrons. The molecule has 1 fully saturated rings. The molecule has 1 aliphatic rings. The van der Waals surface area contributed by atoms with E-state index in [9.17, 15) is 0 Å². The topological polar surface area (TPSA) is 0 Å². The van der Waals surface area contributed by atoms with Gasteiger partial charge in [0.1, 0.15) is 0 Å². The van der Waals surface area contributed by atoms with Crippen molar-refractivity contribution < 1.29 is 0 Å². The second-order valence-electron chi connectivity index (χ2n) is 3.38. The molecule has 0 nitrogen and oxygen atoms in total. The van der Waals surface area contributed by atoms with Crippen LogP contribution in [0.5, 0.6) is 0 Å². The Kier molecular flexibility index (Phi) is 1.93. The molecule has 0 radical (unpaired) electrons. The zero-order chi connectivity index (χ0) is 5.98. The van der Waals surface area contributed by atoms with Gasteiger partial charge in [-0.15, -0.1) is 0 Å². The van der Waals surface area contributed by atoms with Crippen LogP contribution in [0.3, 0.4) is 0 Å². The average Bonchev–Trinajstić information content (AvgIpc) is 1.64. The van der Waals surface area contributed by atoms with Crippen molar-refractivity contribution in [3.05, 3.63) is 0 Å². The molecule has 2 atom stereocenters. The Balaban J connectivity index is 2.23. The van der Waals surface area contributed by atoms with Crippen molar-refractivity contribution in [3.8, 4) is 0 Å². The Morgan fingerprint density at radius 3 is 1.75 bits per heavy atom. The van der Waals surface area contributed by atoms with E-state index in [1.165, 1.54) is 25.7 Å². The van der Waals surface area contributed by atoms with Crippen molar-refractivity contribution in [2.75, 3.05) is 0 Å². The van der Waals surface area contributed by atoms with Gasteiger partial charge in [-0.3, -0.25) is 0 Å². The number of hydrogen-bond donors (Lipinski definition) is 0. The lowest BCUT2D eigenvalue weighted by atomic mass is 9.84. The number of rotatable bonds is 0. The third-order valence-electron chi connectivity index (χ3n) is 2.20. The molecule has 2 unspecified atom stereocenters. The normalized spacial score (nSPS) is 39.8. The molecule has 0 aromatic carbocycles. The molecule has 1 aliphatic carbocycles. The lowest BCUT2D eigenvalue weighted by Gasteiger charge is -2.22. The summed E-state index contributed by atoms with van der Waals surface area (Å²) < 4.78 is 0. The van der Waals surface area contributed by atoms with Gasteiger partial charge in [0.15, 0.2) is 0 Å². The van der Waals surface area contributed by atoms with Gasteiger partial charge >= 0.3 is 0 Å². The SMILES string of the molecule is CC1CCCC(C)C1. The second kappa shape index (κ2) is 2.52. The second-order valence-corrected chi connectivity index (χ2v) is 3.38. The molecule has 0 heterocycles. The fourth-order valence-electron chi connectivity index (χ4n) is 1.74. The van der Waals surface area contributed by atoms with Crippen LogP contribution in [0.2, 0.25) is 0 Å². The summed E-state index contributed by atoms with van der Waals surface area (Å²) in [5.74, 6) is 2.03. The standard InChI is InChI=1S/C8H16/c1-7-4-3-5-8(2)6-7/h7-8H,3-6H2,1-2H3. The highest BCUT2D eigenvalue weighted by molar-refractivity contribution is 4.66. The van der Waals surface area contributed by atoms with E-state index in [0.29, 0.717) is 0 Å². The van der Waals surface area contributed by atoms with Crippen LogP contribution < -0.4 is 0 Å². The summed E-state index contributed by atoms with van der Waals surface area (Å²) in [6, 6.07) is 0. The maximum absolute atomic E-state index is 2.37. The van der Waals surface area contributed by atoms with E-state index >= 15 is 0 Å². The van der Waals surface area contributed by atoms with E-state index in [2.05, 4.69) is 13.8 Å². The van der Waals surface area contributed by atoms with Gasteiger partial charge in [0.05, 0.1) is 0 Å². The van der Waals surface area contributed by atoms with E-state index in [1.54, 1.807) is 0 Å². The van der Waals surface area contributed by atoms with E-state index in [-0.39, 0.29) is 0 Å². The summed E-state index contributed by atoms with van der Waals surface area (Å²) in [5.41, 5.74) is 0. The van der Waals surface area contributed by atoms with Crippen molar-refractivity contribution >= 4 is 0 Å². The first kappa shape index (κ1) is 6.12. The van der Waals surface area contributed by atoms with Crippen molar-refractivity contribution in [2.45, 2.75) is 39.5 Å². The van der Waals surface area contributed by atoms with E-state index in [0.717, 1.165) is 11.8 Å². The predicted octanol–water partition coefficient (Wildman–Crippen LogP) is 2.83. The smallest absolute Gasteiger partial charge is 0.0440 e. The highest BCUT2D eigenvalue weighted by Crippen LogP contribution is 2.27. The average molecular weight is 112 g/mol. The molecular formula is C8H16. The van der Waals surface area contributed by atoms with Gasteiger partial charge in [0.25, 0.3) is 0 Å². The van der Waals surface area contributed by atoms with Gasteiger partial charge in [-0.2, -0.15) is 0 Å². The Morgan fingerprint density at radius 2 is 1.50 bits per heavy atom. The molecule has 0 heteroatoms. The first-order valence-corrected chi connectivity index (χ1v) is 3.79. The van der Waals surface area contributed by atoms with Gasteiger partial charge in [0.2, 0.25) is 0 Å². The molecule has 0 aromatic rings. The van der Waals surface area contributed by atoms with Crippen LogP contribution in [0.4, 0.5) is 0 Å². The lowest BCUT2D eigenvalue weighted by molar-refractivity contribution is 0.301. The minimum atomic E-state index is 1.01. The molecular weight excluding hydrogens is 96.1 g/mol. The maximum Gasteiger partial charge on any atom is -0.0440 e. The summed E-state index contributed by atoms with van der Waals surface area (Å²) in [6.45, 7) is 4.74. The summed E-state index contributed by atoms with van der Waals surface area (Å²) in [7, 11) is 0. The van der Waals surface area contributed by atoms with Gasteiger partial charge in [-0.05, 0) is 18.3 Å². The minimum absolute atomic E-state index is 1.01. The lowest BCUT2D eigenvalue weighted by Crippen LogP contribution is -2.09. The summed E-state index contributed by atoms with van der Waals surface area (Å²) in [5, 5.41) is 0. The molecule has 0 saturated heterocycles. The minimum Gasteiger partial charge on any atom is -0.0625 e. The van der Waals surface area contributed by atoms with Gasteiger partial charge in [-0.1, -0.05) is 33.1 Å². The maximum atomic E-state index is 2.37. The van der Waals surface area contributed by atoms with Crippen LogP contribution in [-0.4, -0.2) is 0 Å². The van der Waals surface area contributed by atoms with Crippen molar-refractivity contribution in [1.29, 1.82) is 0 Å². The fourth-order valence-corrected chi connectivity index (χ4v) is 1.74. The molecule has 1 saturated carbocycles. The Morgan fingerprint density at radius 1 is 1.00 bits per heavy atom. The molecule has 0 N–H and O–H groups in total. The summed E-state index contributed by atoms with van der Waals surface area (Å²) >= 11 is 0. The third kappa shape index (κ3) is 1.50. The molecule has 1 rings (SSSR count). The van der Waals surface area contributed by atoms with Crippen LogP contribution >= 0.6 is 0 Å². The van der Waals surface area contributed by atoms with Gasteiger partial charge < -0.3 is 0 Å². The molecule has 0 bridgehead atoms. The van der Waals surface area contributed by atoms with E-state index in [4.69, 9.17) is 0 Å². The van der Waals surface area contributed by atoms with E-state index < -0.39 is 0 Å². The van der Waals surface area contributed by atoms with Crippen LogP contribution in [0.25, 0.3) is 0 Å². The Hall–Kier alpha value is 0. The first-order chi connectivity index (χ1) is 3.79. The number of hydrogen-bond acceptors (Lipinski definition) is 0. The molecule has 0 amide bonds. The van der Waals surface area contributed by atoms with E-state index in [1.807, 2.05) is 0 Å². The quantitative estimate of drug-likeness (QED) is 0.452. The van der Waals surface area contributed by atoms with Crippen LogP contribution in [0, 0.1) is 11.8 Å². The summed E-state index contributed by atoms with van der Waals surface area (Å²) in [6.07, 6.45) is 5.90. The van der Waals surface area contributed by atoms with Crippen molar-refractivity contribution in [3.63, 3.8) is 0 Å². The third-order valence-corrected chi connectivity index (χ3v) is 2.20. The molecule has 0 aliphatic heterocycles. The fraction of sp³-hybridized carbons (Fsp3) is 1.00. The Labute approximate surface area is 52.3 Å². The molecule has 8 heavy (non-hydrogen) atoms. The zero-order valence-electron chi connectivity index (χ0n) is 5.98. The molecule has 0 aromatic heterocycles. The largest absolute Gasteiger partial charge is 0.0625 e.